The fraction of sp³-hybridized carbons (Fsp3) is 0.375. The fourth-order valence-electron chi connectivity index (χ4n) is 0.907. The van der Waals surface area contributed by atoms with Gasteiger partial charge in [-0.1, -0.05) is 0 Å². The molecule has 3 nitrogen and oxygen atoms in total. The zero-order chi connectivity index (χ0) is 9.84. The fourth-order valence-corrected chi connectivity index (χ4v) is 0.907. The smallest absolute Gasteiger partial charge is 0.387 e. The number of hydrogen-bond donors (Lipinski definition) is 1. The first-order valence-electron chi connectivity index (χ1n) is 3.64. The summed E-state index contributed by atoms with van der Waals surface area (Å²) in [6, 6.07) is 1.50. The van der Waals surface area contributed by atoms with E-state index in [1.807, 2.05) is 0 Å². The van der Waals surface area contributed by atoms with Gasteiger partial charge < -0.3 is 9.84 Å². The van der Waals surface area contributed by atoms with Crippen LogP contribution in [0.5, 0.6) is 5.75 Å². The highest BCUT2D eigenvalue weighted by Crippen LogP contribution is 2.18. The van der Waals surface area contributed by atoms with Crippen LogP contribution in [-0.2, 0) is 6.61 Å². The maximum atomic E-state index is 11.8. The van der Waals surface area contributed by atoms with Crippen LogP contribution in [0, 0.1) is 6.92 Å². The quantitative estimate of drug-likeness (QED) is 0.783. The molecule has 0 saturated heterocycles. The Balaban J connectivity index is 2.85. The van der Waals surface area contributed by atoms with E-state index in [0.29, 0.717) is 11.3 Å². The Morgan fingerprint density at radius 1 is 1.62 bits per heavy atom. The molecular weight excluding hydrogens is 180 g/mol. The van der Waals surface area contributed by atoms with Crippen LogP contribution in [0.1, 0.15) is 11.3 Å². The van der Waals surface area contributed by atoms with E-state index in [0.717, 1.165) is 0 Å². The van der Waals surface area contributed by atoms with Crippen LogP contribution in [0.3, 0.4) is 0 Å². The minimum absolute atomic E-state index is 0.0344. The monoisotopic (exact) mass is 189 g/mol. The highest BCUT2D eigenvalue weighted by atomic mass is 19.3. The van der Waals surface area contributed by atoms with E-state index < -0.39 is 6.61 Å². The molecule has 0 spiro atoms. The first-order valence-corrected chi connectivity index (χ1v) is 3.64. The van der Waals surface area contributed by atoms with Crippen molar-refractivity contribution in [1.29, 1.82) is 0 Å². The van der Waals surface area contributed by atoms with Crippen molar-refractivity contribution in [3.05, 3.63) is 23.5 Å². The molecule has 0 amide bonds. The van der Waals surface area contributed by atoms with Crippen LogP contribution in [0.2, 0.25) is 0 Å². The maximum Gasteiger partial charge on any atom is 0.387 e. The summed E-state index contributed by atoms with van der Waals surface area (Å²) < 4.78 is 27.7. The molecule has 1 heterocycles. The normalized spacial score (nSPS) is 10.5. The Bertz CT molecular complexity index is 291. The molecule has 0 aliphatic heterocycles. The minimum atomic E-state index is -2.85. The molecule has 0 bridgehead atoms. The van der Waals surface area contributed by atoms with Crippen LogP contribution in [-0.4, -0.2) is 16.7 Å². The summed E-state index contributed by atoms with van der Waals surface area (Å²) in [5.41, 5.74) is 0.957. The summed E-state index contributed by atoms with van der Waals surface area (Å²) in [7, 11) is 0. The highest BCUT2D eigenvalue weighted by Gasteiger charge is 2.07. The third kappa shape index (κ3) is 2.62. The van der Waals surface area contributed by atoms with E-state index in [1.54, 1.807) is 6.92 Å². The van der Waals surface area contributed by atoms with Crippen molar-refractivity contribution in [3.8, 4) is 5.75 Å². The lowest BCUT2D eigenvalue weighted by atomic mass is 10.2. The van der Waals surface area contributed by atoms with E-state index in [4.69, 9.17) is 5.11 Å². The SMILES string of the molecule is Cc1cc(CO)ncc1OC(F)F. The number of pyridine rings is 1. The van der Waals surface area contributed by atoms with Gasteiger partial charge >= 0.3 is 6.61 Å². The van der Waals surface area contributed by atoms with E-state index in [1.165, 1.54) is 12.3 Å². The molecule has 0 saturated carbocycles. The van der Waals surface area contributed by atoms with E-state index >= 15 is 0 Å². The molecule has 1 aromatic heterocycles. The van der Waals surface area contributed by atoms with E-state index in [2.05, 4.69) is 9.72 Å². The van der Waals surface area contributed by atoms with Gasteiger partial charge in [-0.05, 0) is 18.6 Å². The Kier molecular flexibility index (Phi) is 3.13. The van der Waals surface area contributed by atoms with Gasteiger partial charge in [0.25, 0.3) is 0 Å². The molecule has 0 atom stereocenters. The van der Waals surface area contributed by atoms with Crippen molar-refractivity contribution < 1.29 is 18.6 Å². The molecule has 0 unspecified atom stereocenters. The standard InChI is InChI=1S/C8H9F2NO2/c1-5-2-6(4-12)11-3-7(5)13-8(9)10/h2-3,8,12H,4H2,1H3. The first-order chi connectivity index (χ1) is 6.13. The van der Waals surface area contributed by atoms with Crippen molar-refractivity contribution in [2.75, 3.05) is 0 Å². The van der Waals surface area contributed by atoms with Crippen molar-refractivity contribution >= 4 is 0 Å². The second kappa shape index (κ2) is 4.13. The van der Waals surface area contributed by atoms with Gasteiger partial charge in [-0.3, -0.25) is 4.98 Å². The number of aromatic nitrogens is 1. The van der Waals surface area contributed by atoms with E-state index in [9.17, 15) is 8.78 Å². The Hall–Kier alpha value is -1.23. The van der Waals surface area contributed by atoms with E-state index in [-0.39, 0.29) is 12.4 Å². The lowest BCUT2D eigenvalue weighted by molar-refractivity contribution is -0.0505. The lowest BCUT2D eigenvalue weighted by Crippen LogP contribution is -2.04. The number of halogens is 2. The molecule has 13 heavy (non-hydrogen) atoms. The largest absolute Gasteiger partial charge is 0.433 e. The van der Waals surface area contributed by atoms with Gasteiger partial charge in [-0.2, -0.15) is 8.78 Å². The molecule has 0 aromatic carbocycles. The molecule has 1 rings (SSSR count). The minimum Gasteiger partial charge on any atom is -0.433 e. The zero-order valence-corrected chi connectivity index (χ0v) is 7.00. The van der Waals surface area contributed by atoms with Crippen molar-refractivity contribution in [2.24, 2.45) is 0 Å². The topological polar surface area (TPSA) is 42.4 Å². The lowest BCUT2D eigenvalue weighted by Gasteiger charge is -2.07. The zero-order valence-electron chi connectivity index (χ0n) is 7.00. The second-order valence-electron chi connectivity index (χ2n) is 2.48. The number of aryl methyl sites for hydroxylation is 1. The predicted octanol–water partition coefficient (Wildman–Crippen LogP) is 1.48. The van der Waals surface area contributed by atoms with Gasteiger partial charge in [0.15, 0.2) is 0 Å². The predicted molar refractivity (Wildman–Crippen MR) is 41.5 cm³/mol. The van der Waals surface area contributed by atoms with Crippen LogP contribution >= 0.6 is 0 Å². The summed E-state index contributed by atoms with van der Waals surface area (Å²) in [5.74, 6) is 0.0344. The second-order valence-corrected chi connectivity index (χ2v) is 2.48. The van der Waals surface area contributed by atoms with Gasteiger partial charge in [0.1, 0.15) is 5.75 Å². The van der Waals surface area contributed by atoms with Gasteiger partial charge in [0.2, 0.25) is 0 Å². The third-order valence-corrected chi connectivity index (χ3v) is 1.50. The van der Waals surface area contributed by atoms with Gasteiger partial charge in [-0.25, -0.2) is 0 Å². The molecule has 5 heteroatoms. The molecule has 1 aromatic rings. The number of aliphatic hydroxyl groups excluding tert-OH is 1. The number of ether oxygens (including phenoxy) is 1. The molecule has 0 aliphatic carbocycles. The van der Waals surface area contributed by atoms with Crippen molar-refractivity contribution in [3.63, 3.8) is 0 Å². The number of nitrogens with zero attached hydrogens (tertiary/aromatic N) is 1. The summed E-state index contributed by atoms with van der Waals surface area (Å²) >= 11 is 0. The summed E-state index contributed by atoms with van der Waals surface area (Å²) in [4.78, 5) is 3.70. The van der Waals surface area contributed by atoms with Crippen molar-refractivity contribution in [2.45, 2.75) is 20.1 Å². The van der Waals surface area contributed by atoms with Crippen LogP contribution in [0.15, 0.2) is 12.3 Å². The molecule has 0 radical (unpaired) electrons. The third-order valence-electron chi connectivity index (χ3n) is 1.50. The highest BCUT2D eigenvalue weighted by molar-refractivity contribution is 5.30. The summed E-state index contributed by atoms with van der Waals surface area (Å²) in [6.45, 7) is -1.45. The van der Waals surface area contributed by atoms with Crippen molar-refractivity contribution in [1.82, 2.24) is 4.98 Å². The van der Waals surface area contributed by atoms with Gasteiger partial charge in [-0.15, -0.1) is 0 Å². The maximum absolute atomic E-state index is 11.8. The Morgan fingerprint density at radius 3 is 2.77 bits per heavy atom. The molecule has 1 N–H and O–H groups in total. The Morgan fingerprint density at radius 2 is 2.31 bits per heavy atom. The number of rotatable bonds is 3. The van der Waals surface area contributed by atoms with Gasteiger partial charge in [0.05, 0.1) is 18.5 Å². The average Bonchev–Trinajstić information content (AvgIpc) is 2.08. The molecule has 0 fully saturated rings. The molecule has 72 valence electrons. The number of alkyl halides is 2. The summed E-state index contributed by atoms with van der Waals surface area (Å²) in [6.07, 6.45) is 1.17. The van der Waals surface area contributed by atoms with Crippen LogP contribution in [0.25, 0.3) is 0 Å². The van der Waals surface area contributed by atoms with Crippen LogP contribution in [0.4, 0.5) is 8.78 Å². The Labute approximate surface area is 74.0 Å². The molecular formula is C8H9F2NO2. The first kappa shape index (κ1) is 9.85. The number of hydrogen-bond acceptors (Lipinski definition) is 3. The summed E-state index contributed by atoms with van der Waals surface area (Å²) in [5, 5.41) is 8.68. The average molecular weight is 189 g/mol. The van der Waals surface area contributed by atoms with Gasteiger partial charge in [0, 0.05) is 0 Å². The number of aliphatic hydroxyl groups is 1. The molecule has 0 aliphatic rings. The van der Waals surface area contributed by atoms with Crippen LogP contribution < -0.4 is 4.74 Å².